The molecule has 0 aromatic heterocycles. The molecule has 29 heavy (non-hydrogen) atoms. The second-order valence-electron chi connectivity index (χ2n) is 9.07. The highest BCUT2D eigenvalue weighted by molar-refractivity contribution is 7.89. The molecule has 0 saturated carbocycles. The predicted octanol–water partition coefficient (Wildman–Crippen LogP) is 1.78. The van der Waals surface area contributed by atoms with E-state index in [4.69, 9.17) is 0 Å². The summed E-state index contributed by atoms with van der Waals surface area (Å²) in [6, 6.07) is 5.32. The van der Waals surface area contributed by atoms with Crippen LogP contribution in [0.2, 0.25) is 0 Å². The maximum Gasteiger partial charge on any atom is 0.243 e. The molecule has 2 amide bonds. The van der Waals surface area contributed by atoms with Gasteiger partial charge in [0.1, 0.15) is 0 Å². The highest BCUT2D eigenvalue weighted by atomic mass is 32.2. The Morgan fingerprint density at radius 3 is 2.21 bits per heavy atom. The van der Waals surface area contributed by atoms with Crippen LogP contribution in [0, 0.1) is 19.8 Å². The maximum absolute atomic E-state index is 13.0. The monoisotopic (exact) mass is 421 g/mol. The minimum atomic E-state index is -3.58. The van der Waals surface area contributed by atoms with Crippen LogP contribution >= 0.6 is 0 Å². The van der Waals surface area contributed by atoms with Crippen molar-refractivity contribution in [2.45, 2.75) is 51.5 Å². The van der Waals surface area contributed by atoms with Crippen LogP contribution in [0.1, 0.15) is 38.3 Å². The molecule has 1 unspecified atom stereocenters. The molecule has 2 heterocycles. The number of hydrogen-bond acceptors (Lipinski definition) is 4. The molecule has 2 saturated heterocycles. The van der Waals surface area contributed by atoms with E-state index >= 15 is 0 Å². The summed E-state index contributed by atoms with van der Waals surface area (Å²) in [4.78, 5) is 29.0. The predicted molar refractivity (Wildman–Crippen MR) is 111 cm³/mol. The number of amides is 2. The summed E-state index contributed by atoms with van der Waals surface area (Å²) >= 11 is 0. The molecule has 2 aliphatic heterocycles. The Balaban J connectivity index is 1.65. The van der Waals surface area contributed by atoms with Gasteiger partial charge in [0.15, 0.2) is 0 Å². The summed E-state index contributed by atoms with van der Waals surface area (Å²) in [6.45, 7) is 11.3. The standard InChI is InChI=1S/C21H31N3O4S/c1-15-6-7-18(16(2)12-15)29(27,28)23-10-8-22(9-11-23)20(26)17-13-19(25)24(14-17)21(3,4)5/h6-7,12,17H,8-11,13-14H2,1-5H3. The Morgan fingerprint density at radius 2 is 1.69 bits per heavy atom. The molecule has 1 aromatic carbocycles. The quantitative estimate of drug-likeness (QED) is 0.745. The number of aryl methyl sites for hydroxylation is 2. The zero-order chi connectivity index (χ0) is 21.6. The van der Waals surface area contributed by atoms with Crippen molar-refractivity contribution in [2.75, 3.05) is 32.7 Å². The van der Waals surface area contributed by atoms with Crippen molar-refractivity contribution in [1.82, 2.24) is 14.1 Å². The van der Waals surface area contributed by atoms with E-state index in [2.05, 4.69) is 0 Å². The molecule has 0 radical (unpaired) electrons. The van der Waals surface area contributed by atoms with Gasteiger partial charge in [-0.05, 0) is 46.2 Å². The highest BCUT2D eigenvalue weighted by Crippen LogP contribution is 2.28. The summed E-state index contributed by atoms with van der Waals surface area (Å²) in [7, 11) is -3.58. The second-order valence-corrected chi connectivity index (χ2v) is 11.0. The van der Waals surface area contributed by atoms with Gasteiger partial charge in [-0.1, -0.05) is 17.7 Å². The lowest BCUT2D eigenvalue weighted by Crippen LogP contribution is -2.52. The molecule has 3 rings (SSSR count). The van der Waals surface area contributed by atoms with Gasteiger partial charge in [0, 0.05) is 44.7 Å². The molecule has 1 aromatic rings. The molecule has 2 aliphatic rings. The number of hydrogen-bond donors (Lipinski definition) is 0. The summed E-state index contributed by atoms with van der Waals surface area (Å²) in [6.07, 6.45) is 0.233. The van der Waals surface area contributed by atoms with Gasteiger partial charge in [-0.25, -0.2) is 8.42 Å². The van der Waals surface area contributed by atoms with Gasteiger partial charge < -0.3 is 9.80 Å². The van der Waals surface area contributed by atoms with E-state index in [0.29, 0.717) is 24.5 Å². The van der Waals surface area contributed by atoms with Crippen LogP contribution in [-0.4, -0.2) is 72.6 Å². The van der Waals surface area contributed by atoms with Crippen molar-refractivity contribution >= 4 is 21.8 Å². The lowest BCUT2D eigenvalue weighted by molar-refractivity contribution is -0.137. The first-order chi connectivity index (χ1) is 13.4. The van der Waals surface area contributed by atoms with Crippen LogP contribution in [0.5, 0.6) is 0 Å². The number of nitrogens with zero attached hydrogens (tertiary/aromatic N) is 3. The van der Waals surface area contributed by atoms with Gasteiger partial charge in [-0.3, -0.25) is 9.59 Å². The lowest BCUT2D eigenvalue weighted by atomic mass is 10.1. The van der Waals surface area contributed by atoms with Crippen LogP contribution in [0.4, 0.5) is 0 Å². The minimum Gasteiger partial charge on any atom is -0.340 e. The van der Waals surface area contributed by atoms with Crippen LogP contribution in [0.25, 0.3) is 0 Å². The Bertz CT molecular complexity index is 912. The van der Waals surface area contributed by atoms with Gasteiger partial charge in [0.05, 0.1) is 10.8 Å². The Morgan fingerprint density at radius 1 is 1.07 bits per heavy atom. The first-order valence-electron chi connectivity index (χ1n) is 10.1. The number of carbonyl (C=O) groups excluding carboxylic acids is 2. The van der Waals surface area contributed by atoms with Gasteiger partial charge in [0.2, 0.25) is 21.8 Å². The molecule has 8 heteroatoms. The third-order valence-corrected chi connectivity index (χ3v) is 7.84. The molecule has 160 valence electrons. The summed E-state index contributed by atoms with van der Waals surface area (Å²) in [5.74, 6) is -0.384. The van der Waals surface area contributed by atoms with Crippen molar-refractivity contribution in [3.05, 3.63) is 29.3 Å². The Hall–Kier alpha value is -1.93. The van der Waals surface area contributed by atoms with E-state index in [1.54, 1.807) is 28.9 Å². The summed E-state index contributed by atoms with van der Waals surface area (Å²) in [5.41, 5.74) is 1.45. The normalized spacial score (nSPS) is 21.7. The summed E-state index contributed by atoms with van der Waals surface area (Å²) in [5, 5.41) is 0. The third-order valence-electron chi connectivity index (χ3n) is 5.78. The zero-order valence-corrected chi connectivity index (χ0v) is 18.8. The van der Waals surface area contributed by atoms with E-state index in [0.717, 1.165) is 11.1 Å². The van der Waals surface area contributed by atoms with Crippen LogP contribution in [0.3, 0.4) is 0 Å². The van der Waals surface area contributed by atoms with Gasteiger partial charge in [0.25, 0.3) is 0 Å². The number of benzene rings is 1. The van der Waals surface area contributed by atoms with Crippen LogP contribution in [0.15, 0.2) is 23.1 Å². The van der Waals surface area contributed by atoms with Crippen molar-refractivity contribution in [3.63, 3.8) is 0 Å². The zero-order valence-electron chi connectivity index (χ0n) is 17.9. The highest BCUT2D eigenvalue weighted by Gasteiger charge is 2.41. The Kier molecular flexibility index (Phi) is 5.80. The first-order valence-corrected chi connectivity index (χ1v) is 11.5. The van der Waals surface area contributed by atoms with E-state index in [1.807, 2.05) is 33.8 Å². The number of rotatable bonds is 3. The maximum atomic E-state index is 13.0. The van der Waals surface area contributed by atoms with E-state index in [1.165, 1.54) is 4.31 Å². The van der Waals surface area contributed by atoms with Crippen molar-refractivity contribution in [2.24, 2.45) is 5.92 Å². The number of sulfonamides is 1. The largest absolute Gasteiger partial charge is 0.340 e. The average Bonchev–Trinajstić information content (AvgIpc) is 3.03. The van der Waals surface area contributed by atoms with E-state index in [9.17, 15) is 18.0 Å². The number of likely N-dealkylation sites (tertiary alicyclic amines) is 1. The van der Waals surface area contributed by atoms with Crippen molar-refractivity contribution < 1.29 is 18.0 Å². The SMILES string of the molecule is Cc1ccc(S(=O)(=O)N2CCN(C(=O)C3CC(=O)N(C(C)(C)C)C3)CC2)c(C)c1. The smallest absolute Gasteiger partial charge is 0.243 e. The summed E-state index contributed by atoms with van der Waals surface area (Å²) < 4.78 is 27.5. The first kappa shape index (κ1) is 21.8. The van der Waals surface area contributed by atoms with Crippen molar-refractivity contribution in [3.8, 4) is 0 Å². The molecule has 0 N–H and O–H groups in total. The third kappa shape index (κ3) is 4.33. The molecule has 7 nitrogen and oxygen atoms in total. The molecule has 0 spiro atoms. The minimum absolute atomic E-state index is 0.00640. The average molecular weight is 422 g/mol. The molecular formula is C21H31N3O4S. The number of carbonyl (C=O) groups is 2. The molecule has 0 bridgehead atoms. The van der Waals surface area contributed by atoms with Gasteiger partial charge in [-0.15, -0.1) is 0 Å². The van der Waals surface area contributed by atoms with Crippen LogP contribution < -0.4 is 0 Å². The fourth-order valence-electron chi connectivity index (χ4n) is 4.16. The molecule has 0 aliphatic carbocycles. The number of piperazine rings is 1. The Labute approximate surface area is 173 Å². The van der Waals surface area contributed by atoms with Crippen LogP contribution in [-0.2, 0) is 19.6 Å². The molecule has 1 atom stereocenters. The second kappa shape index (κ2) is 7.72. The van der Waals surface area contributed by atoms with E-state index in [-0.39, 0.29) is 42.8 Å². The van der Waals surface area contributed by atoms with Crippen molar-refractivity contribution in [1.29, 1.82) is 0 Å². The van der Waals surface area contributed by atoms with Gasteiger partial charge >= 0.3 is 0 Å². The fraction of sp³-hybridized carbons (Fsp3) is 0.619. The van der Waals surface area contributed by atoms with Gasteiger partial charge in [-0.2, -0.15) is 4.31 Å². The topological polar surface area (TPSA) is 78.0 Å². The van der Waals surface area contributed by atoms with E-state index < -0.39 is 10.0 Å². The molecular weight excluding hydrogens is 390 g/mol. The lowest BCUT2D eigenvalue weighted by Gasteiger charge is -2.36. The fourth-order valence-corrected chi connectivity index (χ4v) is 5.78. The molecule has 2 fully saturated rings.